The number of hydrogen-bond acceptors (Lipinski definition) is 4. The van der Waals surface area contributed by atoms with Crippen LogP contribution >= 0.6 is 11.3 Å². The minimum absolute atomic E-state index is 0.0106. The van der Waals surface area contributed by atoms with Gasteiger partial charge < -0.3 is 10.2 Å². The Morgan fingerprint density at radius 1 is 0.972 bits per heavy atom. The molecule has 0 radical (unpaired) electrons. The van der Waals surface area contributed by atoms with Crippen LogP contribution < -0.4 is 5.32 Å². The predicted molar refractivity (Wildman–Crippen MR) is 126 cm³/mol. The van der Waals surface area contributed by atoms with Crippen molar-refractivity contribution in [3.8, 4) is 0 Å². The molecule has 1 aromatic heterocycles. The van der Waals surface area contributed by atoms with Gasteiger partial charge in [-0.2, -0.15) is 26.3 Å². The van der Waals surface area contributed by atoms with E-state index in [2.05, 4.69) is 5.32 Å². The molecule has 1 N–H and O–H groups in total. The fraction of sp³-hybridized carbons (Fsp3) is 0.360. The van der Waals surface area contributed by atoms with Crippen LogP contribution in [0.1, 0.15) is 28.7 Å². The normalized spacial score (nSPS) is 13.2. The van der Waals surface area contributed by atoms with Crippen molar-refractivity contribution in [3.63, 3.8) is 0 Å². The number of nitrogens with one attached hydrogen (secondary N) is 1. The first-order valence-corrected chi connectivity index (χ1v) is 11.8. The van der Waals surface area contributed by atoms with Gasteiger partial charge >= 0.3 is 12.4 Å². The molecule has 11 heteroatoms. The van der Waals surface area contributed by atoms with Crippen LogP contribution in [0.2, 0.25) is 0 Å². The van der Waals surface area contributed by atoms with Gasteiger partial charge in [0.05, 0.1) is 23.7 Å². The number of fused-ring (bicyclic) bond motifs is 1. The Bertz CT molecular complexity index is 1200. The number of thiophene rings is 1. The Hall–Kier alpha value is -2.92. The van der Waals surface area contributed by atoms with Gasteiger partial charge in [-0.05, 0) is 66.7 Å². The van der Waals surface area contributed by atoms with Gasteiger partial charge in [0.25, 0.3) is 0 Å². The van der Waals surface area contributed by atoms with E-state index in [0.717, 1.165) is 15.6 Å². The largest absolute Gasteiger partial charge is 0.416 e. The molecule has 194 valence electrons. The Labute approximate surface area is 207 Å². The van der Waals surface area contributed by atoms with E-state index in [9.17, 15) is 35.9 Å². The summed E-state index contributed by atoms with van der Waals surface area (Å²) in [7, 11) is 3.35. The van der Waals surface area contributed by atoms with Crippen molar-refractivity contribution in [2.45, 2.75) is 37.7 Å². The Morgan fingerprint density at radius 3 is 2.17 bits per heavy atom. The number of amides is 1. The molecule has 0 aliphatic rings. The fourth-order valence-electron chi connectivity index (χ4n) is 3.79. The van der Waals surface area contributed by atoms with Gasteiger partial charge in [0.15, 0.2) is 5.78 Å². The second-order valence-electron chi connectivity index (χ2n) is 8.70. The summed E-state index contributed by atoms with van der Waals surface area (Å²) < 4.78 is 80.0. The van der Waals surface area contributed by atoms with E-state index in [-0.39, 0.29) is 37.4 Å². The standard InChI is InChI=1S/C25H24F6N2O2S/c1-33(2)13-23(35)32-20(11-16-14-36-22-6-4-3-5-19(16)22)21(34)8-7-15-9-17(24(26,27)28)12-18(10-15)25(29,30)31/h3-6,9-10,12,14,20H,7-8,11,13H2,1-2H3,(H,32,35). The van der Waals surface area contributed by atoms with E-state index in [4.69, 9.17) is 0 Å². The number of benzene rings is 2. The van der Waals surface area contributed by atoms with Gasteiger partial charge in [-0.15, -0.1) is 11.3 Å². The first kappa shape index (κ1) is 27.7. The molecule has 3 rings (SSSR count). The number of ketones is 1. The predicted octanol–water partition coefficient (Wildman–Crippen LogP) is 5.73. The van der Waals surface area contributed by atoms with Gasteiger partial charge in [0, 0.05) is 17.5 Å². The van der Waals surface area contributed by atoms with Crippen LogP contribution in [0.25, 0.3) is 10.1 Å². The zero-order valence-corrected chi connectivity index (χ0v) is 20.3. The third-order valence-corrected chi connectivity index (χ3v) is 6.49. The fourth-order valence-corrected chi connectivity index (χ4v) is 4.76. The number of hydrogen-bond donors (Lipinski definition) is 1. The van der Waals surface area contributed by atoms with Crippen molar-refractivity contribution in [3.05, 3.63) is 70.1 Å². The third-order valence-electron chi connectivity index (χ3n) is 5.48. The first-order chi connectivity index (χ1) is 16.7. The quantitative estimate of drug-likeness (QED) is 0.360. The van der Waals surface area contributed by atoms with Gasteiger partial charge in [0.1, 0.15) is 0 Å². The highest BCUT2D eigenvalue weighted by Gasteiger charge is 2.37. The molecule has 1 amide bonds. The minimum Gasteiger partial charge on any atom is -0.345 e. The Kier molecular flexibility index (Phi) is 8.45. The molecule has 0 fully saturated rings. The molecular formula is C25H24F6N2O2S. The summed E-state index contributed by atoms with van der Waals surface area (Å²) in [6.45, 7) is 0.0106. The topological polar surface area (TPSA) is 49.4 Å². The second-order valence-corrected chi connectivity index (χ2v) is 9.61. The number of carbonyl (C=O) groups excluding carboxylic acids is 2. The number of rotatable bonds is 9. The molecule has 0 aliphatic heterocycles. The molecule has 2 aromatic carbocycles. The van der Waals surface area contributed by atoms with E-state index < -0.39 is 41.2 Å². The maximum Gasteiger partial charge on any atom is 0.416 e. The number of nitrogens with zero attached hydrogens (tertiary/aromatic N) is 1. The smallest absolute Gasteiger partial charge is 0.345 e. The summed E-state index contributed by atoms with van der Waals surface area (Å²) in [4.78, 5) is 27.1. The number of likely N-dealkylation sites (N-methyl/N-ethyl adjacent to an activating group) is 1. The lowest BCUT2D eigenvalue weighted by molar-refractivity contribution is -0.143. The average Bonchev–Trinajstić information content (AvgIpc) is 3.18. The molecule has 0 spiro atoms. The van der Waals surface area contributed by atoms with Gasteiger partial charge in [-0.1, -0.05) is 18.2 Å². The lowest BCUT2D eigenvalue weighted by Gasteiger charge is -2.20. The minimum atomic E-state index is -4.97. The summed E-state index contributed by atoms with van der Waals surface area (Å²) >= 11 is 1.47. The van der Waals surface area contributed by atoms with Crippen LogP contribution in [-0.2, 0) is 34.8 Å². The average molecular weight is 531 g/mol. The van der Waals surface area contributed by atoms with E-state index in [1.807, 2.05) is 29.6 Å². The SMILES string of the molecule is CN(C)CC(=O)NC(Cc1csc2ccccc12)C(=O)CCc1cc(C(F)(F)F)cc(C(F)(F)F)c1. The molecule has 4 nitrogen and oxygen atoms in total. The van der Waals surface area contributed by atoms with Gasteiger partial charge in [-0.25, -0.2) is 0 Å². The molecule has 1 atom stereocenters. The van der Waals surface area contributed by atoms with Crippen molar-refractivity contribution >= 4 is 33.1 Å². The van der Waals surface area contributed by atoms with Crippen LogP contribution in [0, 0.1) is 0 Å². The summed E-state index contributed by atoms with van der Waals surface area (Å²) in [6, 6.07) is 7.81. The summed E-state index contributed by atoms with van der Waals surface area (Å²) in [6.07, 6.45) is -10.5. The van der Waals surface area contributed by atoms with Crippen molar-refractivity contribution in [2.75, 3.05) is 20.6 Å². The van der Waals surface area contributed by atoms with Crippen LogP contribution in [0.5, 0.6) is 0 Å². The number of aryl methyl sites for hydroxylation is 1. The molecule has 0 aliphatic carbocycles. The Morgan fingerprint density at radius 2 is 1.58 bits per heavy atom. The summed E-state index contributed by atoms with van der Waals surface area (Å²) in [5, 5.41) is 5.45. The first-order valence-electron chi connectivity index (χ1n) is 10.9. The maximum atomic E-state index is 13.2. The van der Waals surface area contributed by atoms with Crippen LogP contribution in [0.15, 0.2) is 47.8 Å². The molecule has 0 saturated heterocycles. The lowest BCUT2D eigenvalue weighted by atomic mass is 9.95. The molecular weight excluding hydrogens is 506 g/mol. The van der Waals surface area contributed by atoms with E-state index in [0.29, 0.717) is 12.1 Å². The third kappa shape index (κ3) is 7.30. The zero-order chi connectivity index (χ0) is 26.7. The van der Waals surface area contributed by atoms with E-state index >= 15 is 0 Å². The monoisotopic (exact) mass is 530 g/mol. The molecule has 36 heavy (non-hydrogen) atoms. The Balaban J connectivity index is 1.83. The lowest BCUT2D eigenvalue weighted by Crippen LogP contribution is -2.45. The van der Waals surface area contributed by atoms with E-state index in [1.165, 1.54) is 11.3 Å². The molecule has 0 saturated carbocycles. The van der Waals surface area contributed by atoms with E-state index in [1.54, 1.807) is 19.0 Å². The van der Waals surface area contributed by atoms with Crippen molar-refractivity contribution in [1.29, 1.82) is 0 Å². The molecule has 3 aromatic rings. The summed E-state index contributed by atoms with van der Waals surface area (Å²) in [5.41, 5.74) is -2.30. The molecule has 0 bridgehead atoms. The van der Waals surface area contributed by atoms with Crippen molar-refractivity contribution in [1.82, 2.24) is 10.2 Å². The maximum absolute atomic E-state index is 13.2. The summed E-state index contributed by atoms with van der Waals surface area (Å²) in [5.74, 6) is -0.903. The highest BCUT2D eigenvalue weighted by Crippen LogP contribution is 2.36. The van der Waals surface area contributed by atoms with Gasteiger partial charge in [0.2, 0.25) is 5.91 Å². The molecule has 1 heterocycles. The van der Waals surface area contributed by atoms with Crippen LogP contribution in [0.3, 0.4) is 0 Å². The number of Topliss-reactive ketones (excluding diaryl/α,β-unsaturated/α-hetero) is 1. The molecule has 1 unspecified atom stereocenters. The highest BCUT2D eigenvalue weighted by molar-refractivity contribution is 7.17. The van der Waals surface area contributed by atoms with Crippen LogP contribution in [0.4, 0.5) is 26.3 Å². The van der Waals surface area contributed by atoms with Crippen molar-refractivity contribution < 1.29 is 35.9 Å². The van der Waals surface area contributed by atoms with Crippen molar-refractivity contribution in [2.24, 2.45) is 0 Å². The second kappa shape index (κ2) is 11.0. The highest BCUT2D eigenvalue weighted by atomic mass is 32.1. The van der Waals surface area contributed by atoms with Gasteiger partial charge in [-0.3, -0.25) is 9.59 Å². The number of halogens is 6. The van der Waals surface area contributed by atoms with Crippen LogP contribution in [-0.4, -0.2) is 43.3 Å². The number of alkyl halides is 6. The zero-order valence-electron chi connectivity index (χ0n) is 19.5. The number of carbonyl (C=O) groups is 2.